The molecular formula is C18H13ClFN2O2Se. The van der Waals surface area contributed by atoms with Gasteiger partial charge in [-0.05, 0) is 0 Å². The number of benzene rings is 2. The number of rotatable bonds is 4. The van der Waals surface area contributed by atoms with Crippen molar-refractivity contribution in [3.05, 3.63) is 64.6 Å². The van der Waals surface area contributed by atoms with Gasteiger partial charge in [-0.1, -0.05) is 0 Å². The third-order valence-corrected chi connectivity index (χ3v) is 4.35. The van der Waals surface area contributed by atoms with Gasteiger partial charge in [-0.2, -0.15) is 0 Å². The van der Waals surface area contributed by atoms with Gasteiger partial charge in [-0.3, -0.25) is 0 Å². The molecule has 0 N–H and O–H groups in total. The second kappa shape index (κ2) is 7.40. The number of hydrogen-bond acceptors (Lipinski definition) is 3. The normalized spacial score (nSPS) is 15.6. The number of aliphatic imine (C=N–C) groups is 1. The zero-order chi connectivity index (χ0) is 18.0. The van der Waals surface area contributed by atoms with Gasteiger partial charge in [0.2, 0.25) is 0 Å². The molecule has 0 spiro atoms. The first-order valence-corrected chi connectivity index (χ1v) is 8.73. The van der Waals surface area contributed by atoms with Crippen LogP contribution in [0.5, 0.6) is 5.75 Å². The quantitative estimate of drug-likeness (QED) is 0.556. The SMILES string of the molecule is CCOc1ccc(/C=C2\N=C([Se])N(c3ccc(F)c(Cl)c3)C2=O)cc1. The van der Waals surface area contributed by atoms with Crippen LogP contribution < -0.4 is 9.64 Å². The molecule has 1 radical (unpaired) electrons. The molecule has 1 heterocycles. The van der Waals surface area contributed by atoms with E-state index in [2.05, 4.69) is 21.0 Å². The van der Waals surface area contributed by atoms with E-state index >= 15 is 0 Å². The molecule has 25 heavy (non-hydrogen) atoms. The van der Waals surface area contributed by atoms with E-state index in [-0.39, 0.29) is 16.6 Å². The molecule has 0 bridgehead atoms. The number of hydrogen-bond donors (Lipinski definition) is 0. The summed E-state index contributed by atoms with van der Waals surface area (Å²) in [6.45, 7) is 2.50. The summed E-state index contributed by atoms with van der Waals surface area (Å²) in [5, 5.41) is -0.0537. The van der Waals surface area contributed by atoms with Crippen LogP contribution in [0.2, 0.25) is 5.02 Å². The predicted molar refractivity (Wildman–Crippen MR) is 97.7 cm³/mol. The van der Waals surface area contributed by atoms with E-state index in [9.17, 15) is 9.18 Å². The Balaban J connectivity index is 1.87. The molecule has 1 amide bonds. The Kier molecular flexibility index (Phi) is 5.23. The van der Waals surface area contributed by atoms with Crippen molar-refractivity contribution in [3.8, 4) is 5.75 Å². The van der Waals surface area contributed by atoms with Crippen LogP contribution in [0, 0.1) is 5.82 Å². The van der Waals surface area contributed by atoms with Gasteiger partial charge in [0.25, 0.3) is 0 Å². The van der Waals surface area contributed by atoms with Gasteiger partial charge in [0.15, 0.2) is 0 Å². The first kappa shape index (κ1) is 17.7. The molecule has 0 unspecified atom stereocenters. The van der Waals surface area contributed by atoms with Gasteiger partial charge < -0.3 is 0 Å². The number of anilines is 1. The summed E-state index contributed by atoms with van der Waals surface area (Å²) >= 11 is 8.56. The van der Waals surface area contributed by atoms with E-state index in [4.69, 9.17) is 16.3 Å². The van der Waals surface area contributed by atoms with Crippen LogP contribution >= 0.6 is 11.6 Å². The average Bonchev–Trinajstić information content (AvgIpc) is 2.86. The van der Waals surface area contributed by atoms with Gasteiger partial charge >= 0.3 is 158 Å². The predicted octanol–water partition coefficient (Wildman–Crippen LogP) is 3.79. The second-order valence-corrected chi connectivity index (χ2v) is 6.34. The standard InChI is InChI=1S/C18H13ClFN2O2Se/c1-2-24-13-6-3-11(4-7-13)9-16-17(23)22(18(25)21-16)12-5-8-15(20)14(19)10-12/h3-10H,2H2,1H3/b16-9-. The zero-order valence-corrected chi connectivity index (χ0v) is 15.7. The van der Waals surface area contributed by atoms with Crippen LogP contribution in [0.25, 0.3) is 6.08 Å². The molecule has 0 saturated carbocycles. The van der Waals surface area contributed by atoms with E-state index in [0.29, 0.717) is 17.0 Å². The molecule has 127 valence electrons. The minimum absolute atomic E-state index is 0.0537. The molecular weight excluding hydrogens is 410 g/mol. The molecule has 0 saturated heterocycles. The summed E-state index contributed by atoms with van der Waals surface area (Å²) in [5.41, 5.74) is 1.55. The molecule has 2 aromatic carbocycles. The fraction of sp³-hybridized carbons (Fsp3) is 0.111. The summed E-state index contributed by atoms with van der Waals surface area (Å²) in [5.74, 6) is -0.0934. The number of ether oxygens (including phenoxy) is 1. The van der Waals surface area contributed by atoms with Crippen LogP contribution in [-0.2, 0) is 4.79 Å². The van der Waals surface area contributed by atoms with Crippen molar-refractivity contribution in [2.45, 2.75) is 6.92 Å². The van der Waals surface area contributed by atoms with Gasteiger partial charge in [-0.25, -0.2) is 0 Å². The van der Waals surface area contributed by atoms with Gasteiger partial charge in [0.1, 0.15) is 0 Å². The van der Waals surface area contributed by atoms with Gasteiger partial charge in [-0.15, -0.1) is 0 Å². The summed E-state index contributed by atoms with van der Waals surface area (Å²) in [6, 6.07) is 11.4. The second-order valence-electron chi connectivity index (χ2n) is 5.16. The third-order valence-electron chi connectivity index (χ3n) is 3.49. The number of amidine groups is 1. The van der Waals surface area contributed by atoms with Crippen LogP contribution in [0.4, 0.5) is 10.1 Å². The zero-order valence-electron chi connectivity index (χ0n) is 13.2. The number of amides is 1. The van der Waals surface area contributed by atoms with Crippen molar-refractivity contribution in [1.82, 2.24) is 0 Å². The molecule has 1 aliphatic rings. The van der Waals surface area contributed by atoms with Crippen molar-refractivity contribution in [1.29, 1.82) is 0 Å². The Labute approximate surface area is 157 Å². The van der Waals surface area contributed by atoms with Crippen molar-refractivity contribution in [2.75, 3.05) is 11.5 Å². The van der Waals surface area contributed by atoms with E-state index in [1.807, 2.05) is 31.2 Å². The van der Waals surface area contributed by atoms with E-state index < -0.39 is 5.82 Å². The molecule has 2 aromatic rings. The topological polar surface area (TPSA) is 41.9 Å². The monoisotopic (exact) mass is 423 g/mol. The Bertz CT molecular complexity index is 881. The summed E-state index contributed by atoms with van der Waals surface area (Å²) < 4.78 is 19.1. The molecule has 0 fully saturated rings. The van der Waals surface area contributed by atoms with Gasteiger partial charge in [0.05, 0.1) is 0 Å². The number of carbonyl (C=O) groups is 1. The van der Waals surface area contributed by atoms with E-state index in [1.165, 1.54) is 23.1 Å². The van der Waals surface area contributed by atoms with E-state index in [1.54, 1.807) is 6.08 Å². The van der Waals surface area contributed by atoms with Crippen molar-refractivity contribution >= 4 is 50.0 Å². The van der Waals surface area contributed by atoms with Crippen LogP contribution in [-0.4, -0.2) is 33.3 Å². The Hall–Kier alpha value is -2.14. The van der Waals surface area contributed by atoms with Crippen molar-refractivity contribution < 1.29 is 13.9 Å². The van der Waals surface area contributed by atoms with Crippen molar-refractivity contribution in [2.24, 2.45) is 4.99 Å². The molecule has 7 heteroatoms. The van der Waals surface area contributed by atoms with Crippen molar-refractivity contribution in [3.63, 3.8) is 0 Å². The van der Waals surface area contributed by atoms with Crippen LogP contribution in [0.3, 0.4) is 0 Å². The minimum atomic E-state index is -0.541. The molecule has 1 aliphatic heterocycles. The summed E-state index contributed by atoms with van der Waals surface area (Å²) in [4.78, 5) is 18.3. The molecule has 0 aromatic heterocycles. The maximum absolute atomic E-state index is 13.3. The number of carbonyl (C=O) groups excluding carboxylic acids is 1. The first-order valence-electron chi connectivity index (χ1n) is 7.49. The first-order chi connectivity index (χ1) is 12.0. The Morgan fingerprint density at radius 1 is 1.28 bits per heavy atom. The molecule has 4 nitrogen and oxygen atoms in total. The molecule has 0 atom stereocenters. The fourth-order valence-corrected chi connectivity index (χ4v) is 3.11. The Morgan fingerprint density at radius 3 is 2.64 bits per heavy atom. The molecule has 0 aliphatic carbocycles. The average molecular weight is 423 g/mol. The fourth-order valence-electron chi connectivity index (χ4n) is 2.33. The Morgan fingerprint density at radius 2 is 2.00 bits per heavy atom. The van der Waals surface area contributed by atoms with E-state index in [0.717, 1.165) is 11.3 Å². The number of halogens is 2. The maximum atomic E-state index is 13.3. The summed E-state index contributed by atoms with van der Waals surface area (Å²) in [6.07, 6.45) is 1.68. The van der Waals surface area contributed by atoms with Crippen LogP contribution in [0.15, 0.2) is 53.2 Å². The molecule has 3 rings (SSSR count). The number of nitrogens with zero attached hydrogens (tertiary/aromatic N) is 2. The summed E-state index contributed by atoms with van der Waals surface area (Å²) in [7, 11) is 0. The van der Waals surface area contributed by atoms with Crippen LogP contribution in [0.1, 0.15) is 12.5 Å². The third kappa shape index (κ3) is 3.76. The van der Waals surface area contributed by atoms with Gasteiger partial charge in [0, 0.05) is 0 Å².